The van der Waals surface area contributed by atoms with Crippen molar-refractivity contribution in [3.05, 3.63) is 28.8 Å². The van der Waals surface area contributed by atoms with E-state index in [0.717, 1.165) is 5.56 Å². The SMILES string of the molecule is O=C1Cc2cc(Cl)ccc2ON1. The highest BCUT2D eigenvalue weighted by Gasteiger charge is 2.15. The molecule has 0 aliphatic carbocycles. The Labute approximate surface area is 74.2 Å². The molecule has 1 amide bonds. The maximum atomic E-state index is 10.9. The molecule has 4 heteroatoms. The molecule has 1 aliphatic rings. The molecule has 1 heterocycles. The van der Waals surface area contributed by atoms with Gasteiger partial charge in [0.1, 0.15) is 0 Å². The topological polar surface area (TPSA) is 38.3 Å². The van der Waals surface area contributed by atoms with Gasteiger partial charge in [-0.15, -0.1) is 0 Å². The molecule has 0 saturated carbocycles. The Balaban J connectivity index is 2.44. The van der Waals surface area contributed by atoms with Crippen LogP contribution in [0.25, 0.3) is 0 Å². The second-order valence-electron chi connectivity index (χ2n) is 2.56. The van der Waals surface area contributed by atoms with Crippen LogP contribution in [-0.2, 0) is 11.2 Å². The fourth-order valence-electron chi connectivity index (χ4n) is 1.11. The van der Waals surface area contributed by atoms with Crippen molar-refractivity contribution in [2.45, 2.75) is 6.42 Å². The van der Waals surface area contributed by atoms with Crippen LogP contribution in [-0.4, -0.2) is 5.91 Å². The molecule has 0 fully saturated rings. The second kappa shape index (κ2) is 2.68. The second-order valence-corrected chi connectivity index (χ2v) is 2.99. The van der Waals surface area contributed by atoms with Crippen LogP contribution in [0.3, 0.4) is 0 Å². The van der Waals surface area contributed by atoms with Gasteiger partial charge in [-0.3, -0.25) is 4.79 Å². The summed E-state index contributed by atoms with van der Waals surface area (Å²) in [7, 11) is 0. The monoisotopic (exact) mass is 183 g/mol. The smallest absolute Gasteiger partial charge is 0.257 e. The summed E-state index contributed by atoms with van der Waals surface area (Å²) in [6, 6.07) is 5.19. The van der Waals surface area contributed by atoms with Crippen molar-refractivity contribution in [3.63, 3.8) is 0 Å². The molecule has 0 spiro atoms. The number of fused-ring (bicyclic) bond motifs is 1. The summed E-state index contributed by atoms with van der Waals surface area (Å²) < 4.78 is 0. The van der Waals surface area contributed by atoms with Gasteiger partial charge in [-0.1, -0.05) is 11.6 Å². The van der Waals surface area contributed by atoms with Gasteiger partial charge in [0.05, 0.1) is 6.42 Å². The van der Waals surface area contributed by atoms with Crippen LogP contribution in [0.1, 0.15) is 5.56 Å². The Morgan fingerprint density at radius 3 is 3.17 bits per heavy atom. The van der Waals surface area contributed by atoms with Crippen LogP contribution in [0.2, 0.25) is 5.02 Å². The third-order valence-electron chi connectivity index (χ3n) is 1.65. The van der Waals surface area contributed by atoms with Crippen LogP contribution >= 0.6 is 11.6 Å². The standard InChI is InChI=1S/C8H6ClNO2/c9-6-1-2-7-5(3-6)4-8(11)10-12-7/h1-3H,4H2,(H,10,11). The van der Waals surface area contributed by atoms with Crippen molar-refractivity contribution in [1.82, 2.24) is 5.48 Å². The predicted molar refractivity (Wildman–Crippen MR) is 43.9 cm³/mol. The molecule has 0 saturated heterocycles. The van der Waals surface area contributed by atoms with E-state index in [1.165, 1.54) is 0 Å². The summed E-state index contributed by atoms with van der Waals surface area (Å²) in [5.74, 6) is 0.517. The largest absolute Gasteiger partial charge is 0.379 e. The predicted octanol–water partition coefficient (Wildman–Crippen LogP) is 1.31. The molecule has 3 nitrogen and oxygen atoms in total. The average Bonchev–Trinajstić information content (AvgIpc) is 2.03. The van der Waals surface area contributed by atoms with Gasteiger partial charge in [0.2, 0.25) is 0 Å². The Hall–Kier alpha value is -1.22. The molecule has 1 aromatic carbocycles. The van der Waals surface area contributed by atoms with Crippen molar-refractivity contribution in [2.24, 2.45) is 0 Å². The maximum Gasteiger partial charge on any atom is 0.257 e. The van der Waals surface area contributed by atoms with Gasteiger partial charge < -0.3 is 4.84 Å². The first-order valence-electron chi connectivity index (χ1n) is 3.50. The van der Waals surface area contributed by atoms with Crippen LogP contribution in [0.5, 0.6) is 5.75 Å². The molecule has 1 N–H and O–H groups in total. The lowest BCUT2D eigenvalue weighted by Crippen LogP contribution is -2.32. The number of hydrogen-bond donors (Lipinski definition) is 1. The molecular weight excluding hydrogens is 178 g/mol. The zero-order valence-corrected chi connectivity index (χ0v) is 6.89. The minimum absolute atomic E-state index is 0.148. The Morgan fingerprint density at radius 2 is 2.33 bits per heavy atom. The quantitative estimate of drug-likeness (QED) is 0.659. The molecule has 2 rings (SSSR count). The minimum Gasteiger partial charge on any atom is -0.379 e. The summed E-state index contributed by atoms with van der Waals surface area (Å²) in [6.07, 6.45) is 0.329. The number of rotatable bonds is 0. The number of hydroxylamine groups is 1. The molecule has 62 valence electrons. The van der Waals surface area contributed by atoms with Crippen LogP contribution in [0.4, 0.5) is 0 Å². The van der Waals surface area contributed by atoms with E-state index in [4.69, 9.17) is 16.4 Å². The van der Waals surface area contributed by atoms with E-state index in [9.17, 15) is 4.79 Å². The number of carbonyl (C=O) groups excluding carboxylic acids is 1. The average molecular weight is 184 g/mol. The Morgan fingerprint density at radius 1 is 1.50 bits per heavy atom. The molecule has 1 aliphatic heterocycles. The molecular formula is C8H6ClNO2. The summed E-state index contributed by atoms with van der Waals surface area (Å²) in [6.45, 7) is 0. The van der Waals surface area contributed by atoms with Gasteiger partial charge in [0, 0.05) is 10.6 Å². The first kappa shape index (κ1) is 7.43. The molecule has 0 bridgehead atoms. The van der Waals surface area contributed by atoms with Gasteiger partial charge in [-0.05, 0) is 18.2 Å². The molecule has 0 aromatic heterocycles. The summed E-state index contributed by atoms with van der Waals surface area (Å²) >= 11 is 5.74. The van der Waals surface area contributed by atoms with E-state index in [2.05, 4.69) is 5.48 Å². The Bertz CT molecular complexity index is 338. The van der Waals surface area contributed by atoms with E-state index < -0.39 is 0 Å². The van der Waals surface area contributed by atoms with Gasteiger partial charge >= 0.3 is 0 Å². The lowest BCUT2D eigenvalue weighted by molar-refractivity contribution is -0.128. The van der Waals surface area contributed by atoms with E-state index in [1.807, 2.05) is 0 Å². The zero-order chi connectivity index (χ0) is 8.55. The molecule has 1 aromatic rings. The van der Waals surface area contributed by atoms with Crippen LogP contribution < -0.4 is 10.3 Å². The fraction of sp³-hybridized carbons (Fsp3) is 0.125. The van der Waals surface area contributed by atoms with Crippen molar-refractivity contribution in [3.8, 4) is 5.75 Å². The van der Waals surface area contributed by atoms with E-state index >= 15 is 0 Å². The number of nitrogens with one attached hydrogen (secondary N) is 1. The zero-order valence-electron chi connectivity index (χ0n) is 6.13. The highest BCUT2D eigenvalue weighted by Crippen LogP contribution is 2.24. The minimum atomic E-state index is -0.148. The number of halogens is 1. The van der Waals surface area contributed by atoms with Crippen LogP contribution in [0, 0.1) is 0 Å². The normalized spacial score (nSPS) is 14.6. The maximum absolute atomic E-state index is 10.9. The summed E-state index contributed by atoms with van der Waals surface area (Å²) in [5, 5.41) is 0.618. The summed E-state index contributed by atoms with van der Waals surface area (Å²) in [4.78, 5) is 15.8. The van der Waals surface area contributed by atoms with E-state index in [0.29, 0.717) is 17.2 Å². The van der Waals surface area contributed by atoms with Gasteiger partial charge in [0.25, 0.3) is 5.91 Å². The highest BCUT2D eigenvalue weighted by atomic mass is 35.5. The number of amides is 1. The number of carbonyl (C=O) groups is 1. The molecule has 12 heavy (non-hydrogen) atoms. The Kier molecular flexibility index (Phi) is 1.66. The fourth-order valence-corrected chi connectivity index (χ4v) is 1.30. The van der Waals surface area contributed by atoms with Crippen molar-refractivity contribution in [2.75, 3.05) is 0 Å². The third-order valence-corrected chi connectivity index (χ3v) is 1.88. The van der Waals surface area contributed by atoms with Gasteiger partial charge in [-0.25, -0.2) is 0 Å². The third kappa shape index (κ3) is 1.23. The van der Waals surface area contributed by atoms with Crippen molar-refractivity contribution >= 4 is 17.5 Å². The van der Waals surface area contributed by atoms with Gasteiger partial charge in [-0.2, -0.15) is 5.48 Å². The van der Waals surface area contributed by atoms with Crippen molar-refractivity contribution < 1.29 is 9.63 Å². The summed E-state index contributed by atoms with van der Waals surface area (Å²) in [5.41, 5.74) is 3.10. The lowest BCUT2D eigenvalue weighted by Gasteiger charge is -2.16. The highest BCUT2D eigenvalue weighted by molar-refractivity contribution is 6.30. The first-order valence-corrected chi connectivity index (χ1v) is 3.87. The lowest BCUT2D eigenvalue weighted by atomic mass is 10.1. The first-order chi connectivity index (χ1) is 5.75. The molecule has 0 unspecified atom stereocenters. The van der Waals surface area contributed by atoms with E-state index in [-0.39, 0.29) is 5.91 Å². The number of hydrogen-bond acceptors (Lipinski definition) is 2. The van der Waals surface area contributed by atoms with Crippen molar-refractivity contribution in [1.29, 1.82) is 0 Å². The number of benzene rings is 1. The van der Waals surface area contributed by atoms with Gasteiger partial charge in [0.15, 0.2) is 5.75 Å². The van der Waals surface area contributed by atoms with Crippen LogP contribution in [0.15, 0.2) is 18.2 Å². The molecule has 0 atom stereocenters. The van der Waals surface area contributed by atoms with E-state index in [1.54, 1.807) is 18.2 Å². The molecule has 0 radical (unpaired) electrons.